The molecule has 1 heterocycles. The molecule has 2 amide bonds. The smallest absolute Gasteiger partial charge is 0.328 e. The first-order chi connectivity index (χ1) is 13.5. The summed E-state index contributed by atoms with van der Waals surface area (Å²) in [6.45, 7) is 0. The van der Waals surface area contributed by atoms with Crippen molar-refractivity contribution in [1.29, 1.82) is 0 Å². The van der Waals surface area contributed by atoms with E-state index >= 15 is 0 Å². The van der Waals surface area contributed by atoms with Gasteiger partial charge in [0.2, 0.25) is 5.13 Å². The molecule has 0 aliphatic rings. The van der Waals surface area contributed by atoms with Gasteiger partial charge in [0.15, 0.2) is 3.95 Å². The molecular weight excluding hydrogens is 396 g/mol. The Balaban J connectivity index is 1.67. The number of hydrogen-bond acceptors (Lipinski definition) is 6. The van der Waals surface area contributed by atoms with Gasteiger partial charge in [-0.15, -0.1) is 5.10 Å². The van der Waals surface area contributed by atoms with Gasteiger partial charge in [-0.2, -0.15) is 0 Å². The number of H-pyrrole nitrogens is 1. The zero-order valence-corrected chi connectivity index (χ0v) is 16.6. The van der Waals surface area contributed by atoms with Crippen LogP contribution in [0.25, 0.3) is 11.1 Å². The molecule has 3 aromatic rings. The summed E-state index contributed by atoms with van der Waals surface area (Å²) in [5, 5.41) is 11.9. The van der Waals surface area contributed by atoms with E-state index in [1.54, 1.807) is 0 Å². The second-order valence-corrected chi connectivity index (χ2v) is 7.53. The number of urea groups is 1. The predicted molar refractivity (Wildman–Crippen MR) is 111 cm³/mol. The highest BCUT2D eigenvalue weighted by Gasteiger charge is 2.22. The SMILES string of the molecule is COC(=O)[C@H](Cc1ccc(-c2ccccc2)cc1)NC(=O)Nc1n[nH]c(=S)s1. The van der Waals surface area contributed by atoms with Gasteiger partial charge in [0, 0.05) is 6.42 Å². The maximum Gasteiger partial charge on any atom is 0.328 e. The fourth-order valence-corrected chi connectivity index (χ4v) is 3.39. The second-order valence-electron chi connectivity index (χ2n) is 5.86. The topological polar surface area (TPSA) is 96.1 Å². The van der Waals surface area contributed by atoms with Crippen LogP contribution in [0, 0.1) is 3.95 Å². The first-order valence-corrected chi connectivity index (χ1v) is 9.63. The number of nitrogens with zero attached hydrogens (tertiary/aromatic N) is 1. The van der Waals surface area contributed by atoms with Gasteiger partial charge in [-0.05, 0) is 28.9 Å². The van der Waals surface area contributed by atoms with Crippen molar-refractivity contribution >= 4 is 40.7 Å². The van der Waals surface area contributed by atoms with E-state index < -0.39 is 18.0 Å². The molecule has 3 N–H and O–H groups in total. The minimum absolute atomic E-state index is 0.297. The van der Waals surface area contributed by atoms with Gasteiger partial charge in [-0.3, -0.25) is 10.4 Å². The van der Waals surface area contributed by atoms with Gasteiger partial charge in [0.05, 0.1) is 7.11 Å². The third kappa shape index (κ3) is 5.24. The lowest BCUT2D eigenvalue weighted by Crippen LogP contribution is -2.45. The monoisotopic (exact) mass is 414 g/mol. The summed E-state index contributed by atoms with van der Waals surface area (Å²) in [6, 6.07) is 16.4. The molecule has 1 aromatic heterocycles. The summed E-state index contributed by atoms with van der Waals surface area (Å²) in [7, 11) is 1.28. The van der Waals surface area contributed by atoms with Gasteiger partial charge in [-0.1, -0.05) is 65.9 Å². The Labute approximate surface area is 170 Å². The normalized spacial score (nSPS) is 11.5. The molecule has 28 heavy (non-hydrogen) atoms. The molecule has 0 spiro atoms. The summed E-state index contributed by atoms with van der Waals surface area (Å²) in [4.78, 5) is 24.3. The van der Waals surface area contributed by atoms with Crippen molar-refractivity contribution in [3.63, 3.8) is 0 Å². The fraction of sp³-hybridized carbons (Fsp3) is 0.158. The third-order valence-corrected chi connectivity index (χ3v) is 4.96. The third-order valence-electron chi connectivity index (χ3n) is 3.95. The molecule has 3 rings (SSSR count). The average molecular weight is 415 g/mol. The lowest BCUT2D eigenvalue weighted by atomic mass is 10.0. The number of anilines is 1. The van der Waals surface area contributed by atoms with Crippen LogP contribution in [0.2, 0.25) is 0 Å². The standard InChI is InChI=1S/C19H18N4O3S2/c1-26-16(24)15(20-17(25)21-18-22-23-19(27)28-18)11-12-7-9-14(10-8-12)13-5-3-2-4-6-13/h2-10,15H,11H2,1H3,(H,23,27)(H2,20,21,22,25)/t15-/m0/s1. The van der Waals surface area contributed by atoms with E-state index in [9.17, 15) is 9.59 Å². The molecule has 1 atom stereocenters. The highest BCUT2D eigenvalue weighted by atomic mass is 32.1. The van der Waals surface area contributed by atoms with Crippen molar-refractivity contribution < 1.29 is 14.3 Å². The Morgan fingerprint density at radius 2 is 1.82 bits per heavy atom. The van der Waals surface area contributed by atoms with E-state index in [4.69, 9.17) is 17.0 Å². The zero-order chi connectivity index (χ0) is 19.9. The van der Waals surface area contributed by atoms with E-state index in [2.05, 4.69) is 20.8 Å². The Morgan fingerprint density at radius 1 is 1.14 bits per heavy atom. The molecule has 0 bridgehead atoms. The Hall–Kier alpha value is -3.04. The summed E-state index contributed by atoms with van der Waals surface area (Å²) in [5.41, 5.74) is 3.08. The van der Waals surface area contributed by atoms with Crippen LogP contribution in [-0.4, -0.2) is 35.3 Å². The molecule has 0 aliphatic heterocycles. The van der Waals surface area contributed by atoms with Crippen molar-refractivity contribution in [2.45, 2.75) is 12.5 Å². The molecule has 0 radical (unpaired) electrons. The average Bonchev–Trinajstić information content (AvgIpc) is 3.12. The van der Waals surface area contributed by atoms with Crippen molar-refractivity contribution in [3.05, 3.63) is 64.1 Å². The van der Waals surface area contributed by atoms with E-state index in [1.807, 2.05) is 54.6 Å². The number of rotatable bonds is 6. The molecule has 9 heteroatoms. The maximum absolute atomic E-state index is 12.2. The number of amides is 2. The van der Waals surface area contributed by atoms with Crippen LogP contribution in [-0.2, 0) is 16.0 Å². The number of ether oxygens (including phenoxy) is 1. The number of hydrogen-bond donors (Lipinski definition) is 3. The molecular formula is C19H18N4O3S2. The van der Waals surface area contributed by atoms with Crippen LogP contribution in [0.5, 0.6) is 0 Å². The minimum Gasteiger partial charge on any atom is -0.467 e. The maximum atomic E-state index is 12.2. The lowest BCUT2D eigenvalue weighted by Gasteiger charge is -2.16. The number of esters is 1. The van der Waals surface area contributed by atoms with Crippen molar-refractivity contribution in [2.24, 2.45) is 0 Å². The first-order valence-electron chi connectivity index (χ1n) is 8.40. The highest BCUT2D eigenvalue weighted by Crippen LogP contribution is 2.20. The van der Waals surface area contributed by atoms with Gasteiger partial charge in [-0.25, -0.2) is 9.59 Å². The second kappa shape index (κ2) is 9.25. The number of nitrogens with one attached hydrogen (secondary N) is 3. The van der Waals surface area contributed by atoms with E-state index in [1.165, 1.54) is 7.11 Å². The van der Waals surface area contributed by atoms with Gasteiger partial charge < -0.3 is 10.1 Å². The number of carbonyl (C=O) groups is 2. The number of aromatic amines is 1. The molecule has 0 saturated heterocycles. The van der Waals surface area contributed by atoms with Gasteiger partial charge >= 0.3 is 12.0 Å². The largest absolute Gasteiger partial charge is 0.467 e. The van der Waals surface area contributed by atoms with Crippen molar-refractivity contribution in [2.75, 3.05) is 12.4 Å². The summed E-state index contributed by atoms with van der Waals surface area (Å²) < 4.78 is 5.26. The van der Waals surface area contributed by atoms with Crippen LogP contribution < -0.4 is 10.6 Å². The predicted octanol–water partition coefficient (Wildman–Crippen LogP) is 3.77. The first kappa shape index (κ1) is 19.7. The number of carbonyl (C=O) groups excluding carboxylic acids is 2. The van der Waals surface area contributed by atoms with Gasteiger partial charge in [0.25, 0.3) is 0 Å². The quantitative estimate of drug-likeness (QED) is 0.421. The molecule has 0 saturated carbocycles. The molecule has 144 valence electrons. The zero-order valence-electron chi connectivity index (χ0n) is 15.0. The Kier molecular flexibility index (Phi) is 6.51. The Morgan fingerprint density at radius 3 is 2.43 bits per heavy atom. The Bertz CT molecular complexity index is 1000. The van der Waals surface area contributed by atoms with Crippen LogP contribution in [0.3, 0.4) is 0 Å². The van der Waals surface area contributed by atoms with Crippen molar-refractivity contribution in [1.82, 2.24) is 15.5 Å². The van der Waals surface area contributed by atoms with Crippen LogP contribution >= 0.6 is 23.6 Å². The molecule has 2 aromatic carbocycles. The molecule has 0 fully saturated rings. The van der Waals surface area contributed by atoms with E-state index in [0.717, 1.165) is 28.0 Å². The molecule has 0 unspecified atom stereocenters. The fourth-order valence-electron chi connectivity index (χ4n) is 2.61. The number of aromatic nitrogens is 2. The summed E-state index contributed by atoms with van der Waals surface area (Å²) in [6.07, 6.45) is 0.297. The highest BCUT2D eigenvalue weighted by molar-refractivity contribution is 7.73. The molecule has 7 nitrogen and oxygen atoms in total. The van der Waals surface area contributed by atoms with E-state index in [0.29, 0.717) is 15.5 Å². The lowest BCUT2D eigenvalue weighted by molar-refractivity contribution is -0.142. The number of benzene rings is 2. The van der Waals surface area contributed by atoms with Crippen LogP contribution in [0.1, 0.15) is 5.56 Å². The van der Waals surface area contributed by atoms with Crippen LogP contribution in [0.4, 0.5) is 9.93 Å². The molecule has 0 aliphatic carbocycles. The minimum atomic E-state index is -0.834. The van der Waals surface area contributed by atoms with E-state index in [-0.39, 0.29) is 0 Å². The summed E-state index contributed by atoms with van der Waals surface area (Å²) in [5.74, 6) is -0.531. The van der Waals surface area contributed by atoms with Crippen LogP contribution in [0.15, 0.2) is 54.6 Å². The van der Waals surface area contributed by atoms with Gasteiger partial charge in [0.1, 0.15) is 6.04 Å². The number of methoxy groups -OCH3 is 1. The summed E-state index contributed by atoms with van der Waals surface area (Å²) >= 11 is 6.04. The van der Waals surface area contributed by atoms with Crippen molar-refractivity contribution in [3.8, 4) is 11.1 Å².